The van der Waals surface area contributed by atoms with Crippen LogP contribution in [0.25, 0.3) is 11.0 Å². The predicted molar refractivity (Wildman–Crippen MR) is 80.2 cm³/mol. The maximum atomic E-state index is 4.64. The van der Waals surface area contributed by atoms with Crippen LogP contribution in [0.15, 0.2) is 24.3 Å². The van der Waals surface area contributed by atoms with E-state index in [0.29, 0.717) is 0 Å². The van der Waals surface area contributed by atoms with Crippen LogP contribution in [0.1, 0.15) is 57.2 Å². The lowest BCUT2D eigenvalue weighted by molar-refractivity contribution is 0.329. The number of imidazole rings is 1. The second-order valence-electron chi connectivity index (χ2n) is 5.95. The molecule has 1 saturated carbocycles. The molecule has 1 aliphatic rings. The monoisotopic (exact) mass is 256 g/mol. The first kappa shape index (κ1) is 12.7. The molecule has 1 fully saturated rings. The van der Waals surface area contributed by atoms with Gasteiger partial charge in [-0.2, -0.15) is 0 Å². The summed E-state index contributed by atoms with van der Waals surface area (Å²) in [5.41, 5.74) is 2.27. The number of nitrogens with one attached hydrogen (secondary N) is 1. The Kier molecular flexibility index (Phi) is 4.16. The Hall–Kier alpha value is -1.31. The van der Waals surface area contributed by atoms with E-state index in [4.69, 9.17) is 0 Å². The molecule has 1 aromatic heterocycles. The quantitative estimate of drug-likeness (QED) is 0.761. The van der Waals surface area contributed by atoms with Gasteiger partial charge in [-0.3, -0.25) is 0 Å². The van der Waals surface area contributed by atoms with Gasteiger partial charge in [-0.1, -0.05) is 57.1 Å². The summed E-state index contributed by atoms with van der Waals surface area (Å²) in [6, 6.07) is 8.30. The molecule has 0 bridgehead atoms. The number of rotatable bonds is 5. The van der Waals surface area contributed by atoms with Gasteiger partial charge in [-0.15, -0.1) is 0 Å². The highest BCUT2D eigenvalue weighted by atomic mass is 14.9. The average Bonchev–Trinajstić information content (AvgIpc) is 2.87. The van der Waals surface area contributed by atoms with E-state index in [0.717, 1.165) is 23.7 Å². The van der Waals surface area contributed by atoms with Crippen molar-refractivity contribution in [3.8, 4) is 0 Å². The standard InChI is InChI=1S/C17H24N2/c1-2-8-14(9-3-1)10-4-7-13-17-18-15-11-5-6-12-16(15)19-17/h5-6,11-12,14H,1-4,7-10,13H2,(H,18,19). The van der Waals surface area contributed by atoms with Gasteiger partial charge < -0.3 is 4.98 Å². The Labute approximate surface area is 115 Å². The molecule has 0 spiro atoms. The lowest BCUT2D eigenvalue weighted by Gasteiger charge is -2.21. The average molecular weight is 256 g/mol. The Morgan fingerprint density at radius 1 is 1.05 bits per heavy atom. The zero-order valence-corrected chi connectivity index (χ0v) is 11.7. The third kappa shape index (κ3) is 3.37. The number of para-hydroxylation sites is 2. The van der Waals surface area contributed by atoms with Crippen molar-refractivity contribution in [3.05, 3.63) is 30.1 Å². The van der Waals surface area contributed by atoms with E-state index in [-0.39, 0.29) is 0 Å². The third-order valence-electron chi connectivity index (χ3n) is 4.44. The molecule has 1 heterocycles. The van der Waals surface area contributed by atoms with Crippen LogP contribution in [0.5, 0.6) is 0 Å². The summed E-state index contributed by atoms with van der Waals surface area (Å²) in [4.78, 5) is 8.06. The molecule has 0 radical (unpaired) electrons. The topological polar surface area (TPSA) is 28.7 Å². The van der Waals surface area contributed by atoms with E-state index < -0.39 is 0 Å². The summed E-state index contributed by atoms with van der Waals surface area (Å²) < 4.78 is 0. The molecular formula is C17H24N2. The first-order valence-corrected chi connectivity index (χ1v) is 7.85. The van der Waals surface area contributed by atoms with E-state index in [9.17, 15) is 0 Å². The molecule has 1 N–H and O–H groups in total. The Morgan fingerprint density at radius 3 is 2.74 bits per heavy atom. The molecule has 1 aliphatic carbocycles. The van der Waals surface area contributed by atoms with Crippen LogP contribution in [-0.2, 0) is 6.42 Å². The van der Waals surface area contributed by atoms with Crippen LogP contribution in [-0.4, -0.2) is 9.97 Å². The third-order valence-corrected chi connectivity index (χ3v) is 4.44. The SMILES string of the molecule is c1ccc2[nH]c(CCCCC3CCCCC3)nc2c1. The number of H-pyrrole nitrogens is 1. The fourth-order valence-electron chi connectivity index (χ4n) is 3.33. The van der Waals surface area contributed by atoms with E-state index in [1.807, 2.05) is 0 Å². The van der Waals surface area contributed by atoms with E-state index in [1.165, 1.54) is 56.9 Å². The summed E-state index contributed by atoms with van der Waals surface area (Å²) >= 11 is 0. The molecule has 102 valence electrons. The number of nitrogens with zero attached hydrogens (tertiary/aromatic N) is 1. The van der Waals surface area contributed by atoms with Crippen molar-refractivity contribution in [2.75, 3.05) is 0 Å². The van der Waals surface area contributed by atoms with Gasteiger partial charge in [-0.05, 0) is 24.5 Å². The minimum absolute atomic E-state index is 1.02. The number of aromatic nitrogens is 2. The van der Waals surface area contributed by atoms with Gasteiger partial charge in [0.1, 0.15) is 5.82 Å². The normalized spacial score (nSPS) is 17.1. The molecular weight excluding hydrogens is 232 g/mol. The molecule has 2 nitrogen and oxygen atoms in total. The number of fused-ring (bicyclic) bond motifs is 1. The Balaban J connectivity index is 1.44. The van der Waals surface area contributed by atoms with E-state index in [2.05, 4.69) is 34.2 Å². The smallest absolute Gasteiger partial charge is 0.107 e. The van der Waals surface area contributed by atoms with Crippen molar-refractivity contribution in [2.45, 2.75) is 57.8 Å². The maximum Gasteiger partial charge on any atom is 0.107 e. The molecule has 1 aromatic carbocycles. The fourth-order valence-corrected chi connectivity index (χ4v) is 3.33. The van der Waals surface area contributed by atoms with Crippen molar-refractivity contribution in [2.24, 2.45) is 5.92 Å². The molecule has 0 saturated heterocycles. The highest BCUT2D eigenvalue weighted by Gasteiger charge is 2.12. The van der Waals surface area contributed by atoms with Crippen LogP contribution < -0.4 is 0 Å². The predicted octanol–water partition coefficient (Wildman–Crippen LogP) is 4.86. The minimum atomic E-state index is 1.02. The first-order chi connectivity index (χ1) is 9.42. The molecule has 0 atom stereocenters. The zero-order valence-electron chi connectivity index (χ0n) is 11.7. The summed E-state index contributed by atoms with van der Waals surface area (Å²) in [7, 11) is 0. The number of unbranched alkanes of at least 4 members (excludes halogenated alkanes) is 1. The molecule has 2 heteroatoms. The number of aromatic amines is 1. The molecule has 0 amide bonds. The molecule has 19 heavy (non-hydrogen) atoms. The lowest BCUT2D eigenvalue weighted by atomic mass is 9.85. The van der Waals surface area contributed by atoms with Crippen molar-refractivity contribution in [1.29, 1.82) is 0 Å². The number of aryl methyl sites for hydroxylation is 1. The van der Waals surface area contributed by atoms with Crippen molar-refractivity contribution >= 4 is 11.0 Å². The second-order valence-corrected chi connectivity index (χ2v) is 5.95. The van der Waals surface area contributed by atoms with Crippen LogP contribution in [0.3, 0.4) is 0 Å². The van der Waals surface area contributed by atoms with Crippen LogP contribution in [0.4, 0.5) is 0 Å². The molecule has 0 aliphatic heterocycles. The van der Waals surface area contributed by atoms with Gasteiger partial charge in [0.05, 0.1) is 11.0 Å². The van der Waals surface area contributed by atoms with Gasteiger partial charge in [0.15, 0.2) is 0 Å². The highest BCUT2D eigenvalue weighted by molar-refractivity contribution is 5.74. The van der Waals surface area contributed by atoms with Gasteiger partial charge >= 0.3 is 0 Å². The first-order valence-electron chi connectivity index (χ1n) is 7.85. The van der Waals surface area contributed by atoms with E-state index in [1.54, 1.807) is 0 Å². The summed E-state index contributed by atoms with van der Waals surface area (Å²) in [5.74, 6) is 2.18. The molecule has 0 unspecified atom stereocenters. The largest absolute Gasteiger partial charge is 0.342 e. The maximum absolute atomic E-state index is 4.64. The minimum Gasteiger partial charge on any atom is -0.342 e. The summed E-state index contributed by atoms with van der Waals surface area (Å²) in [6.07, 6.45) is 12.5. The lowest BCUT2D eigenvalue weighted by Crippen LogP contribution is -2.06. The number of hydrogen-bond acceptors (Lipinski definition) is 1. The number of benzene rings is 1. The van der Waals surface area contributed by atoms with Gasteiger partial charge in [-0.25, -0.2) is 4.98 Å². The van der Waals surface area contributed by atoms with Crippen LogP contribution in [0.2, 0.25) is 0 Å². The Bertz CT molecular complexity index is 476. The summed E-state index contributed by atoms with van der Waals surface area (Å²) in [5, 5.41) is 0. The van der Waals surface area contributed by atoms with Crippen molar-refractivity contribution < 1.29 is 0 Å². The molecule has 2 aromatic rings. The number of hydrogen-bond donors (Lipinski definition) is 1. The second kappa shape index (κ2) is 6.23. The van der Waals surface area contributed by atoms with Gasteiger partial charge in [0.2, 0.25) is 0 Å². The van der Waals surface area contributed by atoms with Crippen molar-refractivity contribution in [3.63, 3.8) is 0 Å². The van der Waals surface area contributed by atoms with Crippen LogP contribution >= 0.6 is 0 Å². The zero-order chi connectivity index (χ0) is 12.9. The highest BCUT2D eigenvalue weighted by Crippen LogP contribution is 2.27. The van der Waals surface area contributed by atoms with Gasteiger partial charge in [0, 0.05) is 6.42 Å². The van der Waals surface area contributed by atoms with E-state index >= 15 is 0 Å². The van der Waals surface area contributed by atoms with Crippen molar-refractivity contribution in [1.82, 2.24) is 9.97 Å². The van der Waals surface area contributed by atoms with Gasteiger partial charge in [0.25, 0.3) is 0 Å². The summed E-state index contributed by atoms with van der Waals surface area (Å²) in [6.45, 7) is 0. The molecule has 3 rings (SSSR count). The fraction of sp³-hybridized carbons (Fsp3) is 0.588. The van der Waals surface area contributed by atoms with Crippen LogP contribution in [0, 0.1) is 5.92 Å². The Morgan fingerprint density at radius 2 is 1.89 bits per heavy atom.